The lowest BCUT2D eigenvalue weighted by molar-refractivity contribution is -0.212. The van der Waals surface area contributed by atoms with Crippen molar-refractivity contribution in [2.24, 2.45) is 0 Å². The molecule has 2 atom stereocenters. The van der Waals surface area contributed by atoms with Crippen LogP contribution in [-0.2, 0) is 14.9 Å². The average Bonchev–Trinajstić information content (AvgIpc) is 2.45. The van der Waals surface area contributed by atoms with E-state index in [0.29, 0.717) is 18.8 Å². The first-order valence-electron chi connectivity index (χ1n) is 7.51. The maximum absolute atomic E-state index is 10.3. The minimum atomic E-state index is -1.12. The van der Waals surface area contributed by atoms with Crippen molar-refractivity contribution in [2.45, 2.75) is 58.5 Å². The van der Waals surface area contributed by atoms with E-state index < -0.39 is 18.5 Å². The van der Waals surface area contributed by atoms with Gasteiger partial charge in [-0.2, -0.15) is 0 Å². The molecule has 0 bridgehead atoms. The van der Waals surface area contributed by atoms with Gasteiger partial charge in [-0.3, -0.25) is 0 Å². The minimum absolute atomic E-state index is 0.0568. The Hall–Kier alpha value is -0.940. The highest BCUT2D eigenvalue weighted by atomic mass is 16.7. The van der Waals surface area contributed by atoms with E-state index in [1.54, 1.807) is 0 Å². The zero-order valence-corrected chi connectivity index (χ0v) is 13.7. The Balaban J connectivity index is 2.83. The van der Waals surface area contributed by atoms with Crippen molar-refractivity contribution in [3.8, 4) is 0 Å². The van der Waals surface area contributed by atoms with E-state index >= 15 is 0 Å². The summed E-state index contributed by atoms with van der Waals surface area (Å²) in [5.74, 6) is 0. The number of rotatable bonds is 7. The van der Waals surface area contributed by atoms with Gasteiger partial charge in [-0.05, 0) is 30.4 Å². The summed E-state index contributed by atoms with van der Waals surface area (Å²) in [5, 5.41) is 20.5. The summed E-state index contributed by atoms with van der Waals surface area (Å²) in [4.78, 5) is 0. The minimum Gasteiger partial charge on any atom is -0.385 e. The van der Waals surface area contributed by atoms with Crippen LogP contribution in [0.3, 0.4) is 0 Å². The Morgan fingerprint density at radius 2 is 1.43 bits per heavy atom. The summed E-state index contributed by atoms with van der Waals surface area (Å²) in [6.45, 7) is 10.9. The Bertz CT molecular complexity index is 402. The maximum Gasteiger partial charge on any atom is 0.186 e. The molecule has 4 nitrogen and oxygen atoms in total. The summed E-state index contributed by atoms with van der Waals surface area (Å²) in [6, 6.07) is 7.62. The first-order valence-corrected chi connectivity index (χ1v) is 7.51. The molecule has 0 saturated heterocycles. The molecule has 21 heavy (non-hydrogen) atoms. The van der Waals surface area contributed by atoms with E-state index in [9.17, 15) is 10.2 Å². The third-order valence-electron chi connectivity index (χ3n) is 3.38. The summed E-state index contributed by atoms with van der Waals surface area (Å²) in [7, 11) is 0. The summed E-state index contributed by atoms with van der Waals surface area (Å²) >= 11 is 0. The molecule has 1 aromatic carbocycles. The lowest BCUT2D eigenvalue weighted by Crippen LogP contribution is -2.36. The van der Waals surface area contributed by atoms with Gasteiger partial charge in [0.2, 0.25) is 0 Å². The molecule has 0 aliphatic carbocycles. The standard InChI is InChI=1S/C17H28O4/c1-6-20-16(21-7-2)15(19)14(18)12-8-10-13(11-9-12)17(3,4)5/h8-11,14-16,18-19H,6-7H2,1-5H3/t14-,15+/m0/s1. The first kappa shape index (κ1) is 18.1. The van der Waals surface area contributed by atoms with Gasteiger partial charge >= 0.3 is 0 Å². The van der Waals surface area contributed by atoms with Crippen LogP contribution in [0, 0.1) is 0 Å². The third kappa shape index (κ3) is 5.08. The molecule has 0 aromatic heterocycles. The van der Waals surface area contributed by atoms with E-state index in [4.69, 9.17) is 9.47 Å². The number of benzene rings is 1. The average molecular weight is 296 g/mol. The van der Waals surface area contributed by atoms with Crippen LogP contribution in [0.2, 0.25) is 0 Å². The quantitative estimate of drug-likeness (QED) is 0.760. The second kappa shape index (κ2) is 7.90. The van der Waals surface area contributed by atoms with Crippen molar-refractivity contribution in [1.82, 2.24) is 0 Å². The molecule has 0 unspecified atom stereocenters. The zero-order chi connectivity index (χ0) is 16.0. The molecule has 0 radical (unpaired) electrons. The van der Waals surface area contributed by atoms with Gasteiger partial charge in [0.25, 0.3) is 0 Å². The molecule has 0 spiro atoms. The van der Waals surface area contributed by atoms with Crippen molar-refractivity contribution in [3.63, 3.8) is 0 Å². The molecule has 4 heteroatoms. The predicted molar refractivity (Wildman–Crippen MR) is 83.1 cm³/mol. The van der Waals surface area contributed by atoms with Crippen molar-refractivity contribution in [2.75, 3.05) is 13.2 Å². The largest absolute Gasteiger partial charge is 0.385 e. The Kier molecular flexibility index (Phi) is 6.81. The Morgan fingerprint density at radius 1 is 0.952 bits per heavy atom. The van der Waals surface area contributed by atoms with Gasteiger partial charge in [-0.25, -0.2) is 0 Å². The van der Waals surface area contributed by atoms with Crippen LogP contribution in [0.1, 0.15) is 51.8 Å². The molecule has 2 N–H and O–H groups in total. The molecule has 0 aliphatic heterocycles. The number of hydrogen-bond acceptors (Lipinski definition) is 4. The smallest absolute Gasteiger partial charge is 0.186 e. The number of aliphatic hydroxyl groups excluding tert-OH is 2. The molecule has 0 amide bonds. The van der Waals surface area contributed by atoms with E-state index in [0.717, 1.165) is 0 Å². The van der Waals surface area contributed by atoms with E-state index in [1.165, 1.54) is 5.56 Å². The Morgan fingerprint density at radius 3 is 1.81 bits per heavy atom. The van der Waals surface area contributed by atoms with Gasteiger partial charge < -0.3 is 19.7 Å². The monoisotopic (exact) mass is 296 g/mol. The molecule has 0 heterocycles. The van der Waals surface area contributed by atoms with Crippen LogP contribution in [0.25, 0.3) is 0 Å². The van der Waals surface area contributed by atoms with Gasteiger partial charge in [0.1, 0.15) is 12.2 Å². The van der Waals surface area contributed by atoms with Crippen LogP contribution in [0.5, 0.6) is 0 Å². The number of ether oxygens (including phenoxy) is 2. The number of hydrogen-bond donors (Lipinski definition) is 2. The van der Waals surface area contributed by atoms with E-state index in [-0.39, 0.29) is 5.41 Å². The van der Waals surface area contributed by atoms with E-state index in [2.05, 4.69) is 20.8 Å². The highest BCUT2D eigenvalue weighted by Crippen LogP contribution is 2.26. The molecule has 0 saturated carbocycles. The molecule has 120 valence electrons. The molecular formula is C17H28O4. The van der Waals surface area contributed by atoms with Crippen molar-refractivity contribution in [3.05, 3.63) is 35.4 Å². The molecule has 1 aromatic rings. The van der Waals surface area contributed by atoms with Crippen LogP contribution < -0.4 is 0 Å². The molecule has 1 rings (SSSR count). The fourth-order valence-electron chi connectivity index (χ4n) is 2.10. The number of aliphatic hydroxyl groups is 2. The first-order chi connectivity index (χ1) is 9.81. The van der Waals surface area contributed by atoms with E-state index in [1.807, 2.05) is 38.1 Å². The van der Waals surface area contributed by atoms with Crippen LogP contribution in [0.15, 0.2) is 24.3 Å². The lowest BCUT2D eigenvalue weighted by atomic mass is 9.86. The van der Waals surface area contributed by atoms with Gasteiger partial charge in [0.15, 0.2) is 6.29 Å². The van der Waals surface area contributed by atoms with Gasteiger partial charge in [0.05, 0.1) is 0 Å². The van der Waals surface area contributed by atoms with Gasteiger partial charge in [-0.15, -0.1) is 0 Å². The molecule has 0 aliphatic rings. The molecular weight excluding hydrogens is 268 g/mol. The maximum atomic E-state index is 10.3. The second-order valence-electron chi connectivity index (χ2n) is 6.09. The SMILES string of the molecule is CCOC(OCC)[C@H](O)[C@@H](O)c1ccc(C(C)(C)C)cc1. The van der Waals surface area contributed by atoms with Crippen molar-refractivity contribution >= 4 is 0 Å². The van der Waals surface area contributed by atoms with Gasteiger partial charge in [0, 0.05) is 13.2 Å². The second-order valence-corrected chi connectivity index (χ2v) is 6.09. The highest BCUT2D eigenvalue weighted by molar-refractivity contribution is 5.29. The fraction of sp³-hybridized carbons (Fsp3) is 0.647. The van der Waals surface area contributed by atoms with Crippen LogP contribution in [-0.4, -0.2) is 35.8 Å². The Labute approximate surface area is 127 Å². The van der Waals surface area contributed by atoms with Crippen molar-refractivity contribution < 1.29 is 19.7 Å². The zero-order valence-electron chi connectivity index (χ0n) is 13.7. The lowest BCUT2D eigenvalue weighted by Gasteiger charge is -2.27. The van der Waals surface area contributed by atoms with Crippen molar-refractivity contribution in [1.29, 1.82) is 0 Å². The van der Waals surface area contributed by atoms with Crippen LogP contribution in [0.4, 0.5) is 0 Å². The fourth-order valence-corrected chi connectivity index (χ4v) is 2.10. The van der Waals surface area contributed by atoms with Gasteiger partial charge in [-0.1, -0.05) is 45.0 Å². The summed E-state index contributed by atoms with van der Waals surface area (Å²) in [5.41, 5.74) is 1.89. The highest BCUT2D eigenvalue weighted by Gasteiger charge is 2.28. The third-order valence-corrected chi connectivity index (χ3v) is 3.38. The summed E-state index contributed by atoms with van der Waals surface area (Å²) < 4.78 is 10.7. The normalized spacial score (nSPS) is 15.2. The predicted octanol–water partition coefficient (Wildman–Crippen LogP) is 2.78. The topological polar surface area (TPSA) is 58.9 Å². The summed E-state index contributed by atoms with van der Waals surface area (Å²) in [6.07, 6.45) is -2.98. The molecule has 0 fully saturated rings. The van der Waals surface area contributed by atoms with Crippen LogP contribution >= 0.6 is 0 Å².